The number of hydrogen-bond donors (Lipinski definition) is 3. The largest absolute Gasteiger partial charge is 0.388 e. The molecule has 0 radical (unpaired) electrons. The average molecular weight is 280 g/mol. The van der Waals surface area contributed by atoms with Gasteiger partial charge < -0.3 is 20.9 Å². The van der Waals surface area contributed by atoms with Gasteiger partial charge in [0.05, 0.1) is 5.60 Å². The minimum atomic E-state index is -0.645. The molecule has 0 aliphatic heterocycles. The molecule has 1 aliphatic rings. The number of hydrogen-bond acceptors (Lipinski definition) is 6. The molecule has 1 aromatic heterocycles. The maximum Gasteiger partial charge on any atom is 0.158 e. The van der Waals surface area contributed by atoms with Crippen molar-refractivity contribution in [1.29, 1.82) is 0 Å². The third-order valence-electron chi connectivity index (χ3n) is 3.87. The van der Waals surface area contributed by atoms with Gasteiger partial charge >= 0.3 is 0 Å². The fourth-order valence-electron chi connectivity index (χ4n) is 2.53. The molecule has 112 valence electrons. The summed E-state index contributed by atoms with van der Waals surface area (Å²) in [6, 6.07) is 1.67. The highest BCUT2D eigenvalue weighted by Gasteiger charge is 2.31. The smallest absolute Gasteiger partial charge is 0.158 e. The number of aromatic nitrogens is 2. The van der Waals surface area contributed by atoms with Crippen molar-refractivity contribution >= 4 is 11.6 Å². The average Bonchev–Trinajstić information content (AvgIpc) is 2.40. The second-order valence-corrected chi connectivity index (χ2v) is 5.79. The van der Waals surface area contributed by atoms with E-state index in [1.54, 1.807) is 13.2 Å². The number of rotatable bonds is 5. The normalized spacial score (nSPS) is 26.4. The molecule has 1 heterocycles. The van der Waals surface area contributed by atoms with Crippen molar-refractivity contribution in [3.05, 3.63) is 11.9 Å². The van der Waals surface area contributed by atoms with Crippen molar-refractivity contribution in [1.82, 2.24) is 9.97 Å². The van der Waals surface area contributed by atoms with Crippen LogP contribution in [0, 0.1) is 5.92 Å². The Labute approximate surface area is 119 Å². The van der Waals surface area contributed by atoms with E-state index in [1.807, 2.05) is 0 Å². The fraction of sp³-hybridized carbons (Fsp3) is 0.714. The molecular formula is C14H24N4O2. The van der Waals surface area contributed by atoms with Crippen LogP contribution in [0.1, 0.15) is 38.4 Å². The van der Waals surface area contributed by atoms with Crippen molar-refractivity contribution in [3.63, 3.8) is 0 Å². The van der Waals surface area contributed by atoms with Gasteiger partial charge in [-0.05, 0) is 31.6 Å². The van der Waals surface area contributed by atoms with Crippen LogP contribution in [0.3, 0.4) is 0 Å². The van der Waals surface area contributed by atoms with Gasteiger partial charge in [0.1, 0.15) is 18.2 Å². The summed E-state index contributed by atoms with van der Waals surface area (Å²) in [5.41, 5.74) is 5.10. The van der Waals surface area contributed by atoms with E-state index >= 15 is 0 Å². The Morgan fingerprint density at radius 3 is 2.80 bits per heavy atom. The summed E-state index contributed by atoms with van der Waals surface area (Å²) in [4.78, 5) is 8.40. The third kappa shape index (κ3) is 4.05. The van der Waals surface area contributed by atoms with E-state index in [0.29, 0.717) is 36.5 Å². The van der Waals surface area contributed by atoms with Crippen LogP contribution < -0.4 is 11.1 Å². The van der Waals surface area contributed by atoms with Crippen molar-refractivity contribution in [2.45, 2.75) is 44.8 Å². The molecular weight excluding hydrogens is 256 g/mol. The Hall–Kier alpha value is -1.40. The summed E-state index contributed by atoms with van der Waals surface area (Å²) in [6.07, 6.45) is 3.79. The van der Waals surface area contributed by atoms with Crippen LogP contribution in [-0.2, 0) is 11.3 Å². The molecule has 0 spiro atoms. The Kier molecular flexibility index (Phi) is 4.77. The van der Waals surface area contributed by atoms with Crippen molar-refractivity contribution in [2.75, 3.05) is 24.7 Å². The van der Waals surface area contributed by atoms with Gasteiger partial charge in [-0.1, -0.05) is 6.92 Å². The van der Waals surface area contributed by atoms with Gasteiger partial charge in [0.2, 0.25) is 0 Å². The Morgan fingerprint density at radius 1 is 1.45 bits per heavy atom. The first kappa shape index (κ1) is 15.0. The van der Waals surface area contributed by atoms with E-state index in [4.69, 9.17) is 10.5 Å². The molecule has 0 atom stereocenters. The predicted molar refractivity (Wildman–Crippen MR) is 78.2 cm³/mol. The van der Waals surface area contributed by atoms with Crippen molar-refractivity contribution in [3.8, 4) is 0 Å². The van der Waals surface area contributed by atoms with Crippen molar-refractivity contribution in [2.24, 2.45) is 5.92 Å². The topological polar surface area (TPSA) is 93.3 Å². The predicted octanol–water partition coefficient (Wildman–Crippen LogP) is 1.56. The molecule has 1 aromatic rings. The van der Waals surface area contributed by atoms with Gasteiger partial charge in [0.15, 0.2) is 5.82 Å². The monoisotopic (exact) mass is 280 g/mol. The van der Waals surface area contributed by atoms with Gasteiger partial charge in [0, 0.05) is 19.7 Å². The van der Waals surface area contributed by atoms with Crippen LogP contribution >= 0.6 is 0 Å². The number of anilines is 2. The highest BCUT2D eigenvalue weighted by molar-refractivity contribution is 5.44. The van der Waals surface area contributed by atoms with Gasteiger partial charge in [-0.2, -0.15) is 0 Å². The zero-order valence-electron chi connectivity index (χ0n) is 12.2. The van der Waals surface area contributed by atoms with Crippen molar-refractivity contribution < 1.29 is 9.84 Å². The van der Waals surface area contributed by atoms with Crippen LogP contribution in [0.5, 0.6) is 0 Å². The molecule has 1 fully saturated rings. The summed E-state index contributed by atoms with van der Waals surface area (Å²) >= 11 is 0. The van der Waals surface area contributed by atoms with Crippen LogP contribution in [0.25, 0.3) is 0 Å². The summed E-state index contributed by atoms with van der Waals surface area (Å²) in [5, 5.41) is 13.7. The molecule has 1 aliphatic carbocycles. The van der Waals surface area contributed by atoms with Gasteiger partial charge in [-0.3, -0.25) is 0 Å². The number of ether oxygens (including phenoxy) is 1. The second-order valence-electron chi connectivity index (χ2n) is 5.79. The molecule has 20 heavy (non-hydrogen) atoms. The molecule has 6 heteroatoms. The SMILES string of the molecule is COCc1nc(N)cc(NCC2(O)CCC(C)CC2)n1. The highest BCUT2D eigenvalue weighted by Crippen LogP contribution is 2.31. The molecule has 0 saturated heterocycles. The third-order valence-corrected chi connectivity index (χ3v) is 3.87. The first-order chi connectivity index (χ1) is 9.50. The number of aliphatic hydroxyl groups is 1. The maximum absolute atomic E-state index is 10.5. The Balaban J connectivity index is 1.96. The molecule has 1 saturated carbocycles. The number of nitrogens with one attached hydrogen (secondary N) is 1. The number of nitrogens with two attached hydrogens (primary N) is 1. The molecule has 0 unspecified atom stereocenters. The summed E-state index contributed by atoms with van der Waals surface area (Å²) < 4.78 is 5.01. The van der Waals surface area contributed by atoms with E-state index in [-0.39, 0.29) is 0 Å². The van der Waals surface area contributed by atoms with Gasteiger partial charge in [0.25, 0.3) is 0 Å². The zero-order chi connectivity index (χ0) is 14.6. The quantitative estimate of drug-likeness (QED) is 0.758. The Morgan fingerprint density at radius 2 is 2.15 bits per heavy atom. The van der Waals surface area contributed by atoms with Gasteiger partial charge in [-0.25, -0.2) is 9.97 Å². The molecule has 0 amide bonds. The Bertz CT molecular complexity index is 445. The molecule has 6 nitrogen and oxygen atoms in total. The number of nitrogen functional groups attached to an aromatic ring is 1. The minimum absolute atomic E-state index is 0.321. The highest BCUT2D eigenvalue weighted by atomic mass is 16.5. The van der Waals surface area contributed by atoms with E-state index < -0.39 is 5.60 Å². The summed E-state index contributed by atoms with van der Waals surface area (Å²) in [7, 11) is 1.59. The number of methoxy groups -OCH3 is 1. The van der Waals surface area contributed by atoms with E-state index in [1.165, 1.54) is 0 Å². The maximum atomic E-state index is 10.5. The summed E-state index contributed by atoms with van der Waals surface area (Å²) in [6.45, 7) is 3.04. The minimum Gasteiger partial charge on any atom is -0.388 e. The van der Waals surface area contributed by atoms with Crippen LogP contribution in [0.15, 0.2) is 6.07 Å². The first-order valence-electron chi connectivity index (χ1n) is 7.09. The lowest BCUT2D eigenvalue weighted by atomic mass is 9.79. The summed E-state index contributed by atoms with van der Waals surface area (Å²) in [5.74, 6) is 2.29. The lowest BCUT2D eigenvalue weighted by Crippen LogP contribution is -2.40. The van der Waals surface area contributed by atoms with Gasteiger partial charge in [-0.15, -0.1) is 0 Å². The van der Waals surface area contributed by atoms with E-state index in [0.717, 1.165) is 25.7 Å². The molecule has 0 bridgehead atoms. The van der Waals surface area contributed by atoms with E-state index in [2.05, 4.69) is 22.2 Å². The van der Waals surface area contributed by atoms with E-state index in [9.17, 15) is 5.11 Å². The molecule has 2 rings (SSSR count). The fourth-order valence-corrected chi connectivity index (χ4v) is 2.53. The number of nitrogens with zero attached hydrogens (tertiary/aromatic N) is 2. The van der Waals surface area contributed by atoms with Crippen LogP contribution in [0.2, 0.25) is 0 Å². The molecule has 4 N–H and O–H groups in total. The van der Waals surface area contributed by atoms with Crippen LogP contribution in [0.4, 0.5) is 11.6 Å². The zero-order valence-corrected chi connectivity index (χ0v) is 12.2. The standard InChI is InChI=1S/C14H24N4O2/c1-10-3-5-14(19,6-4-10)9-16-12-7-11(15)17-13(18-12)8-20-2/h7,10,19H,3-6,8-9H2,1-2H3,(H3,15,16,17,18). The lowest BCUT2D eigenvalue weighted by Gasteiger charge is -2.35. The lowest BCUT2D eigenvalue weighted by molar-refractivity contribution is 0.00494. The first-order valence-corrected chi connectivity index (χ1v) is 7.09. The second kappa shape index (κ2) is 6.37. The van der Waals surface area contributed by atoms with Crippen LogP contribution in [-0.4, -0.2) is 34.3 Å². The molecule has 0 aromatic carbocycles.